The Bertz CT molecular complexity index is 911. The molecule has 0 aliphatic carbocycles. The first-order valence-electron chi connectivity index (χ1n) is 9.86. The van der Waals surface area contributed by atoms with Crippen molar-refractivity contribution < 1.29 is 9.13 Å². The second kappa shape index (κ2) is 8.56. The zero-order valence-electron chi connectivity index (χ0n) is 16.7. The Balaban J connectivity index is 1.66. The fourth-order valence-corrected chi connectivity index (χ4v) is 4.48. The molecule has 0 N–H and O–H groups in total. The Morgan fingerprint density at radius 2 is 1.86 bits per heavy atom. The molecular weight excluding hydrogens is 389 g/mol. The highest BCUT2D eigenvalue weighted by atomic mass is 35.5. The van der Waals surface area contributed by atoms with E-state index in [1.807, 2.05) is 30.5 Å². The Morgan fingerprint density at radius 3 is 2.52 bits per heavy atom. The smallest absolute Gasteiger partial charge is 0.197 e. The summed E-state index contributed by atoms with van der Waals surface area (Å²) < 4.78 is 18.8. The highest BCUT2D eigenvalue weighted by Gasteiger charge is 2.35. The van der Waals surface area contributed by atoms with Gasteiger partial charge in [-0.3, -0.25) is 9.89 Å². The van der Waals surface area contributed by atoms with Gasteiger partial charge in [-0.15, -0.1) is 0 Å². The molecule has 0 saturated heterocycles. The van der Waals surface area contributed by atoms with Crippen LogP contribution in [0.3, 0.4) is 0 Å². The van der Waals surface area contributed by atoms with Crippen LogP contribution in [-0.2, 0) is 6.54 Å². The minimum atomic E-state index is -0.394. The SMILES string of the molecule is CCN1C2=C(C=NC1Cl)CN(Cc1ccc(OC)cc1)CC2c1ccc(F)cc1. The molecule has 0 spiro atoms. The van der Waals surface area contributed by atoms with Crippen molar-refractivity contribution in [1.29, 1.82) is 0 Å². The highest BCUT2D eigenvalue weighted by Crippen LogP contribution is 2.38. The van der Waals surface area contributed by atoms with E-state index in [1.165, 1.54) is 29.0 Å². The summed E-state index contributed by atoms with van der Waals surface area (Å²) in [6.45, 7) is 5.34. The van der Waals surface area contributed by atoms with Crippen LogP contribution in [0.5, 0.6) is 5.75 Å². The van der Waals surface area contributed by atoms with Gasteiger partial charge in [0, 0.05) is 49.6 Å². The Morgan fingerprint density at radius 1 is 1.14 bits per heavy atom. The molecule has 0 saturated carbocycles. The van der Waals surface area contributed by atoms with Gasteiger partial charge in [-0.05, 0) is 42.3 Å². The summed E-state index contributed by atoms with van der Waals surface area (Å²) >= 11 is 6.48. The lowest BCUT2D eigenvalue weighted by Gasteiger charge is -2.43. The Labute approximate surface area is 176 Å². The van der Waals surface area contributed by atoms with Crippen molar-refractivity contribution in [2.75, 3.05) is 26.7 Å². The number of methoxy groups -OCH3 is 1. The molecular formula is C23H25ClFN3O. The molecule has 2 unspecified atom stereocenters. The fraction of sp³-hybridized carbons (Fsp3) is 0.348. The summed E-state index contributed by atoms with van der Waals surface area (Å²) in [6, 6.07) is 15.0. The maximum absolute atomic E-state index is 13.5. The van der Waals surface area contributed by atoms with Crippen LogP contribution < -0.4 is 4.74 Å². The van der Waals surface area contributed by atoms with E-state index in [-0.39, 0.29) is 11.7 Å². The lowest BCUT2D eigenvalue weighted by Crippen LogP contribution is -2.45. The van der Waals surface area contributed by atoms with Gasteiger partial charge in [0.1, 0.15) is 11.6 Å². The molecule has 2 aromatic carbocycles. The molecule has 2 heterocycles. The van der Waals surface area contributed by atoms with Gasteiger partial charge in [0.25, 0.3) is 0 Å². The zero-order chi connectivity index (χ0) is 20.4. The summed E-state index contributed by atoms with van der Waals surface area (Å²) in [7, 11) is 1.67. The fourth-order valence-electron chi connectivity index (χ4n) is 4.18. The van der Waals surface area contributed by atoms with E-state index in [1.54, 1.807) is 7.11 Å². The summed E-state index contributed by atoms with van der Waals surface area (Å²) in [5.74, 6) is 0.750. The number of nitrogens with zero attached hydrogens (tertiary/aromatic N) is 3. The summed E-state index contributed by atoms with van der Waals surface area (Å²) in [5.41, 5.74) is 4.31. The van der Waals surface area contributed by atoms with Crippen molar-refractivity contribution in [2.45, 2.75) is 25.0 Å². The first-order valence-corrected chi connectivity index (χ1v) is 10.3. The molecule has 0 aromatic heterocycles. The number of hydrogen-bond acceptors (Lipinski definition) is 4. The normalized spacial score (nSPS) is 22.0. The summed E-state index contributed by atoms with van der Waals surface area (Å²) in [4.78, 5) is 9.03. The number of hydrogen-bond donors (Lipinski definition) is 0. The van der Waals surface area contributed by atoms with Gasteiger partial charge < -0.3 is 9.64 Å². The van der Waals surface area contributed by atoms with Crippen LogP contribution in [0.4, 0.5) is 4.39 Å². The number of ether oxygens (including phenoxy) is 1. The number of alkyl halides is 1. The van der Waals surface area contributed by atoms with Crippen molar-refractivity contribution in [3.8, 4) is 5.75 Å². The van der Waals surface area contributed by atoms with E-state index < -0.39 is 5.62 Å². The molecule has 152 valence electrons. The van der Waals surface area contributed by atoms with Crippen LogP contribution in [0.1, 0.15) is 24.0 Å². The van der Waals surface area contributed by atoms with Crippen LogP contribution in [0.2, 0.25) is 0 Å². The predicted octanol–water partition coefficient (Wildman–Crippen LogP) is 4.62. The third-order valence-corrected chi connectivity index (χ3v) is 5.94. The predicted molar refractivity (Wildman–Crippen MR) is 115 cm³/mol. The maximum atomic E-state index is 13.5. The second-order valence-electron chi connectivity index (χ2n) is 7.41. The Hall–Kier alpha value is -2.37. The van der Waals surface area contributed by atoms with Gasteiger partial charge in [-0.2, -0.15) is 0 Å². The van der Waals surface area contributed by atoms with Gasteiger partial charge in [0.2, 0.25) is 0 Å². The monoisotopic (exact) mass is 413 g/mol. The first-order chi connectivity index (χ1) is 14.1. The number of rotatable bonds is 5. The van der Waals surface area contributed by atoms with E-state index in [9.17, 15) is 4.39 Å². The van der Waals surface area contributed by atoms with Crippen LogP contribution in [0.25, 0.3) is 0 Å². The number of aliphatic imine (C=N–C) groups is 1. The van der Waals surface area contributed by atoms with E-state index in [4.69, 9.17) is 16.3 Å². The number of benzene rings is 2. The van der Waals surface area contributed by atoms with E-state index in [2.05, 4.69) is 33.8 Å². The quantitative estimate of drug-likeness (QED) is 0.529. The van der Waals surface area contributed by atoms with Crippen molar-refractivity contribution in [3.63, 3.8) is 0 Å². The average molecular weight is 414 g/mol. The van der Waals surface area contributed by atoms with Crippen LogP contribution >= 0.6 is 11.6 Å². The molecule has 2 aliphatic rings. The number of halogens is 2. The second-order valence-corrected chi connectivity index (χ2v) is 7.80. The molecule has 0 amide bonds. The first kappa shape index (κ1) is 19.9. The van der Waals surface area contributed by atoms with E-state index in [0.29, 0.717) is 0 Å². The molecule has 29 heavy (non-hydrogen) atoms. The average Bonchev–Trinajstić information content (AvgIpc) is 2.74. The lowest BCUT2D eigenvalue weighted by atomic mass is 9.87. The van der Waals surface area contributed by atoms with Gasteiger partial charge in [0.05, 0.1) is 7.11 Å². The van der Waals surface area contributed by atoms with Crippen molar-refractivity contribution in [1.82, 2.24) is 9.80 Å². The molecule has 0 bridgehead atoms. The molecule has 2 atom stereocenters. The third kappa shape index (κ3) is 4.16. The topological polar surface area (TPSA) is 28.1 Å². The Kier molecular flexibility index (Phi) is 5.88. The molecule has 2 aliphatic heterocycles. The van der Waals surface area contributed by atoms with E-state index in [0.717, 1.165) is 37.5 Å². The van der Waals surface area contributed by atoms with Gasteiger partial charge in [-0.25, -0.2) is 4.39 Å². The third-order valence-electron chi connectivity index (χ3n) is 5.59. The largest absolute Gasteiger partial charge is 0.497 e. The van der Waals surface area contributed by atoms with Gasteiger partial charge in [-0.1, -0.05) is 35.9 Å². The molecule has 0 radical (unpaired) electrons. The summed E-state index contributed by atoms with van der Waals surface area (Å²) in [5, 5.41) is 0. The summed E-state index contributed by atoms with van der Waals surface area (Å²) in [6.07, 6.45) is 1.91. The maximum Gasteiger partial charge on any atom is 0.197 e. The molecule has 4 nitrogen and oxygen atoms in total. The molecule has 0 fully saturated rings. The van der Waals surface area contributed by atoms with Crippen LogP contribution in [0, 0.1) is 5.82 Å². The molecule has 4 rings (SSSR count). The lowest BCUT2D eigenvalue weighted by molar-refractivity contribution is 0.218. The minimum absolute atomic E-state index is 0.116. The standard InChI is InChI=1S/C23H25ClFN3O/c1-3-28-22-18(12-26-23(28)24)14-27(13-16-4-10-20(29-2)11-5-16)15-21(22)17-6-8-19(25)9-7-17/h4-12,21,23H,3,13-15H2,1-2H3. The van der Waals surface area contributed by atoms with Gasteiger partial charge >= 0.3 is 0 Å². The molecule has 6 heteroatoms. The van der Waals surface area contributed by atoms with Crippen molar-refractivity contribution >= 4 is 17.8 Å². The van der Waals surface area contributed by atoms with Crippen LogP contribution in [0.15, 0.2) is 64.8 Å². The van der Waals surface area contributed by atoms with E-state index >= 15 is 0 Å². The number of likely N-dealkylation sites (N-methyl/N-ethyl adjacent to an activating group) is 1. The molecule has 2 aromatic rings. The minimum Gasteiger partial charge on any atom is -0.497 e. The van der Waals surface area contributed by atoms with Crippen molar-refractivity contribution in [3.05, 3.63) is 76.7 Å². The highest BCUT2D eigenvalue weighted by molar-refractivity contribution is 6.21. The van der Waals surface area contributed by atoms with Crippen molar-refractivity contribution in [2.24, 2.45) is 4.99 Å². The zero-order valence-corrected chi connectivity index (χ0v) is 17.4. The van der Waals surface area contributed by atoms with Crippen LogP contribution in [-0.4, -0.2) is 48.4 Å². The van der Waals surface area contributed by atoms with Gasteiger partial charge in [0.15, 0.2) is 5.62 Å².